The van der Waals surface area contributed by atoms with E-state index in [2.05, 4.69) is 0 Å². The minimum atomic E-state index is -4.86. The molecule has 0 bridgehead atoms. The maximum Gasteiger partial charge on any atom is 0.430 e. The number of rotatable bonds is 3. The summed E-state index contributed by atoms with van der Waals surface area (Å²) in [5, 5.41) is 9.46. The standard InChI is InChI=1S/C18H13ClF3NO3/c19-13-5-6-14-11(15(13)10-3-1-9(8-23)2-4-10)7-12(17(24)25)16(26-14)18(20,21)22/h1-7,16H,8,23H2,(H,24,25). The van der Waals surface area contributed by atoms with Gasteiger partial charge in [0.15, 0.2) is 0 Å². The second kappa shape index (κ2) is 6.66. The Morgan fingerprint density at radius 2 is 1.85 bits per heavy atom. The number of carbonyl (C=O) groups is 1. The van der Waals surface area contributed by atoms with Crippen molar-refractivity contribution in [2.75, 3.05) is 0 Å². The molecular weight excluding hydrogens is 371 g/mol. The zero-order valence-corrected chi connectivity index (χ0v) is 13.9. The minimum Gasteiger partial charge on any atom is -0.478 e. The zero-order valence-electron chi connectivity index (χ0n) is 13.2. The number of hydrogen-bond donors (Lipinski definition) is 2. The van der Waals surface area contributed by atoms with E-state index < -0.39 is 23.8 Å². The summed E-state index contributed by atoms with van der Waals surface area (Å²) in [6, 6.07) is 9.66. The molecule has 3 rings (SSSR count). The van der Waals surface area contributed by atoms with E-state index in [0.29, 0.717) is 17.7 Å². The molecule has 8 heteroatoms. The Bertz CT molecular complexity index is 892. The van der Waals surface area contributed by atoms with Gasteiger partial charge in [-0.2, -0.15) is 13.2 Å². The molecule has 0 aromatic heterocycles. The lowest BCUT2D eigenvalue weighted by Gasteiger charge is -2.28. The molecule has 0 aliphatic carbocycles. The predicted octanol–water partition coefficient (Wildman–Crippen LogP) is 4.26. The number of halogens is 4. The summed E-state index contributed by atoms with van der Waals surface area (Å²) in [6.07, 6.45) is -6.43. The van der Waals surface area contributed by atoms with Gasteiger partial charge in [-0.3, -0.25) is 0 Å². The van der Waals surface area contributed by atoms with Gasteiger partial charge in [-0.25, -0.2) is 4.79 Å². The molecule has 2 aromatic carbocycles. The Labute approximate surface area is 151 Å². The molecular formula is C18H13ClF3NO3. The fourth-order valence-electron chi connectivity index (χ4n) is 2.76. The van der Waals surface area contributed by atoms with Crippen LogP contribution in [0.3, 0.4) is 0 Å². The molecule has 26 heavy (non-hydrogen) atoms. The molecule has 0 spiro atoms. The maximum atomic E-state index is 13.2. The second-order valence-electron chi connectivity index (χ2n) is 5.68. The molecule has 0 fully saturated rings. The van der Waals surface area contributed by atoms with Crippen LogP contribution in [0.25, 0.3) is 17.2 Å². The highest BCUT2D eigenvalue weighted by molar-refractivity contribution is 6.34. The lowest BCUT2D eigenvalue weighted by Crippen LogP contribution is -2.40. The summed E-state index contributed by atoms with van der Waals surface area (Å²) < 4.78 is 44.5. The van der Waals surface area contributed by atoms with E-state index in [9.17, 15) is 23.1 Å². The third-order valence-electron chi connectivity index (χ3n) is 4.00. The van der Waals surface area contributed by atoms with Gasteiger partial charge < -0.3 is 15.6 Å². The Hall–Kier alpha value is -2.51. The average molecular weight is 384 g/mol. The van der Waals surface area contributed by atoms with E-state index in [0.717, 1.165) is 11.6 Å². The van der Waals surface area contributed by atoms with Gasteiger partial charge in [0.05, 0.1) is 5.57 Å². The Kier molecular flexibility index (Phi) is 4.68. The van der Waals surface area contributed by atoms with Gasteiger partial charge in [0.25, 0.3) is 0 Å². The largest absolute Gasteiger partial charge is 0.478 e. The van der Waals surface area contributed by atoms with Crippen molar-refractivity contribution in [2.45, 2.75) is 18.8 Å². The van der Waals surface area contributed by atoms with Crippen LogP contribution in [0.1, 0.15) is 11.1 Å². The number of alkyl halides is 3. The number of hydrogen-bond acceptors (Lipinski definition) is 3. The smallest absolute Gasteiger partial charge is 0.430 e. The first-order valence-corrected chi connectivity index (χ1v) is 7.90. The molecule has 4 nitrogen and oxygen atoms in total. The maximum absolute atomic E-state index is 13.2. The van der Waals surface area contributed by atoms with Crippen LogP contribution in [0.15, 0.2) is 42.0 Å². The summed E-state index contributed by atoms with van der Waals surface area (Å²) in [7, 11) is 0. The lowest BCUT2D eigenvalue weighted by atomic mass is 9.93. The molecule has 2 aromatic rings. The van der Waals surface area contributed by atoms with E-state index in [1.54, 1.807) is 24.3 Å². The third kappa shape index (κ3) is 3.27. The quantitative estimate of drug-likeness (QED) is 0.830. The first-order valence-electron chi connectivity index (χ1n) is 7.52. The predicted molar refractivity (Wildman–Crippen MR) is 90.9 cm³/mol. The summed E-state index contributed by atoms with van der Waals surface area (Å²) in [6.45, 7) is 0.334. The van der Waals surface area contributed by atoms with Gasteiger partial charge in [0.2, 0.25) is 6.10 Å². The molecule has 0 saturated carbocycles. The summed E-state index contributed by atoms with van der Waals surface area (Å²) in [5.41, 5.74) is 6.73. The van der Waals surface area contributed by atoms with Crippen LogP contribution in [0.5, 0.6) is 5.75 Å². The number of benzene rings is 2. The molecule has 0 amide bonds. The first kappa shape index (κ1) is 18.3. The molecule has 1 unspecified atom stereocenters. The molecule has 3 N–H and O–H groups in total. The van der Waals surface area contributed by atoms with E-state index in [-0.39, 0.29) is 16.3 Å². The van der Waals surface area contributed by atoms with Crippen molar-refractivity contribution in [1.29, 1.82) is 0 Å². The Balaban J connectivity index is 2.20. The van der Waals surface area contributed by atoms with Crippen LogP contribution in [0, 0.1) is 0 Å². The highest BCUT2D eigenvalue weighted by Gasteiger charge is 2.48. The van der Waals surface area contributed by atoms with E-state index in [1.807, 2.05) is 0 Å². The van der Waals surface area contributed by atoms with Crippen LogP contribution < -0.4 is 10.5 Å². The van der Waals surface area contributed by atoms with Crippen LogP contribution >= 0.6 is 11.6 Å². The van der Waals surface area contributed by atoms with Gasteiger partial charge in [0.1, 0.15) is 5.75 Å². The van der Waals surface area contributed by atoms with Crippen molar-refractivity contribution in [3.63, 3.8) is 0 Å². The van der Waals surface area contributed by atoms with Crippen molar-refractivity contribution in [3.05, 3.63) is 58.1 Å². The molecule has 1 aliphatic rings. The summed E-state index contributed by atoms with van der Waals surface area (Å²) in [5.74, 6) is -1.79. The van der Waals surface area contributed by atoms with E-state index >= 15 is 0 Å². The number of fused-ring (bicyclic) bond motifs is 1. The Morgan fingerprint density at radius 3 is 2.38 bits per heavy atom. The molecule has 1 atom stereocenters. The third-order valence-corrected chi connectivity index (χ3v) is 4.32. The van der Waals surface area contributed by atoms with Crippen LogP contribution in [0.2, 0.25) is 5.02 Å². The molecule has 1 aliphatic heterocycles. The number of carboxylic acids is 1. The van der Waals surface area contributed by atoms with Gasteiger partial charge >= 0.3 is 12.1 Å². The van der Waals surface area contributed by atoms with Gasteiger partial charge in [-0.1, -0.05) is 35.9 Å². The number of nitrogens with two attached hydrogens (primary N) is 1. The van der Waals surface area contributed by atoms with Crippen LogP contribution in [-0.2, 0) is 11.3 Å². The summed E-state index contributed by atoms with van der Waals surface area (Å²) in [4.78, 5) is 11.3. The van der Waals surface area contributed by atoms with Crippen molar-refractivity contribution in [3.8, 4) is 16.9 Å². The monoisotopic (exact) mass is 383 g/mol. The highest BCUT2D eigenvalue weighted by atomic mass is 35.5. The fourth-order valence-corrected chi connectivity index (χ4v) is 3.03. The zero-order chi connectivity index (χ0) is 19.1. The Morgan fingerprint density at radius 1 is 1.19 bits per heavy atom. The minimum absolute atomic E-state index is 0.0837. The fraction of sp³-hybridized carbons (Fsp3) is 0.167. The number of ether oxygens (including phenoxy) is 1. The normalized spacial score (nSPS) is 16.5. The topological polar surface area (TPSA) is 72.6 Å². The molecule has 0 saturated heterocycles. The average Bonchev–Trinajstić information content (AvgIpc) is 2.60. The van der Waals surface area contributed by atoms with Crippen LogP contribution in [0.4, 0.5) is 13.2 Å². The van der Waals surface area contributed by atoms with Crippen molar-refractivity contribution in [2.24, 2.45) is 5.73 Å². The number of aliphatic carboxylic acids is 1. The lowest BCUT2D eigenvalue weighted by molar-refractivity contribution is -0.187. The SMILES string of the molecule is NCc1ccc(-c2c(Cl)ccc3c2C=C(C(=O)O)C(C(F)(F)F)O3)cc1. The highest BCUT2D eigenvalue weighted by Crippen LogP contribution is 2.44. The van der Waals surface area contributed by atoms with Crippen molar-refractivity contribution >= 4 is 23.6 Å². The number of carboxylic acid groups (broad SMARTS) is 1. The summed E-state index contributed by atoms with van der Waals surface area (Å²) >= 11 is 6.24. The van der Waals surface area contributed by atoms with Crippen LogP contribution in [-0.4, -0.2) is 23.4 Å². The first-order chi connectivity index (χ1) is 12.2. The molecule has 136 valence electrons. The molecule has 0 radical (unpaired) electrons. The van der Waals surface area contributed by atoms with Crippen molar-refractivity contribution < 1.29 is 27.8 Å². The van der Waals surface area contributed by atoms with Gasteiger partial charge in [0, 0.05) is 22.7 Å². The van der Waals surface area contributed by atoms with Gasteiger partial charge in [-0.15, -0.1) is 0 Å². The van der Waals surface area contributed by atoms with E-state index in [1.165, 1.54) is 12.1 Å². The van der Waals surface area contributed by atoms with E-state index in [4.69, 9.17) is 22.1 Å². The molecule has 1 heterocycles. The van der Waals surface area contributed by atoms with Gasteiger partial charge in [-0.05, 0) is 29.3 Å². The van der Waals surface area contributed by atoms with Crippen molar-refractivity contribution in [1.82, 2.24) is 0 Å². The second-order valence-corrected chi connectivity index (χ2v) is 6.09.